The van der Waals surface area contributed by atoms with Gasteiger partial charge in [-0.1, -0.05) is 13.8 Å². The van der Waals surface area contributed by atoms with Gasteiger partial charge in [0.05, 0.1) is 16.0 Å². The number of nitrogens with zero attached hydrogens (tertiary/aromatic N) is 1. The number of rotatable bonds is 4. The number of urea groups is 1. The molecule has 0 aliphatic carbocycles. The molecule has 1 fully saturated rings. The average Bonchev–Trinajstić information content (AvgIpc) is 2.64. The summed E-state index contributed by atoms with van der Waals surface area (Å²) in [6.07, 6.45) is 0. The average molecular weight is 302 g/mol. The van der Waals surface area contributed by atoms with Crippen LogP contribution in [0.3, 0.4) is 0 Å². The Kier molecular flexibility index (Phi) is 4.15. The topological polar surface area (TPSA) is 66.5 Å². The number of nitrogens with one attached hydrogen (secondary N) is 1. The number of hydrogen-bond donors (Lipinski definition) is 1. The normalized spacial score (nSPS) is 16.5. The molecule has 0 saturated carbocycles. The van der Waals surface area contributed by atoms with E-state index in [0.717, 1.165) is 5.00 Å². The maximum absolute atomic E-state index is 12.0. The zero-order chi connectivity index (χ0) is 14.0. The molecule has 5 nitrogen and oxygen atoms in total. The van der Waals surface area contributed by atoms with Crippen LogP contribution in [0.5, 0.6) is 0 Å². The molecular weight excluding hydrogens is 284 g/mol. The highest BCUT2D eigenvalue weighted by molar-refractivity contribution is 7.92. The minimum atomic E-state index is -3.07. The fourth-order valence-corrected chi connectivity index (χ4v) is 4.59. The van der Waals surface area contributed by atoms with E-state index in [1.807, 2.05) is 31.4 Å². The predicted molar refractivity (Wildman–Crippen MR) is 77.3 cm³/mol. The monoisotopic (exact) mass is 302 g/mol. The maximum Gasteiger partial charge on any atom is 0.322 e. The summed E-state index contributed by atoms with van der Waals surface area (Å²) >= 11 is 1.44. The summed E-state index contributed by atoms with van der Waals surface area (Å²) in [7, 11) is -3.07. The van der Waals surface area contributed by atoms with Gasteiger partial charge in [0.2, 0.25) is 0 Å². The molecule has 0 aromatic carbocycles. The Morgan fingerprint density at radius 2 is 2.21 bits per heavy atom. The number of carbonyl (C=O) groups is 1. The first-order valence-electron chi connectivity index (χ1n) is 6.19. The number of thiophene rings is 1. The van der Waals surface area contributed by atoms with Crippen molar-refractivity contribution in [3.63, 3.8) is 0 Å². The highest BCUT2D eigenvalue weighted by Gasteiger charge is 2.39. The van der Waals surface area contributed by atoms with E-state index < -0.39 is 15.1 Å². The Morgan fingerprint density at radius 1 is 1.53 bits per heavy atom. The Hall–Kier alpha value is -1.08. The van der Waals surface area contributed by atoms with E-state index >= 15 is 0 Å². The van der Waals surface area contributed by atoms with Crippen molar-refractivity contribution in [1.29, 1.82) is 0 Å². The van der Waals surface area contributed by atoms with Crippen LogP contribution in [-0.2, 0) is 9.84 Å². The van der Waals surface area contributed by atoms with Gasteiger partial charge in [-0.25, -0.2) is 13.2 Å². The van der Waals surface area contributed by atoms with E-state index in [4.69, 9.17) is 0 Å². The van der Waals surface area contributed by atoms with Gasteiger partial charge in [0, 0.05) is 13.1 Å². The zero-order valence-corrected chi connectivity index (χ0v) is 12.6. The van der Waals surface area contributed by atoms with Crippen molar-refractivity contribution >= 4 is 32.2 Å². The van der Waals surface area contributed by atoms with E-state index in [1.54, 1.807) is 0 Å². The third kappa shape index (κ3) is 3.48. The molecule has 1 saturated heterocycles. The van der Waals surface area contributed by atoms with Gasteiger partial charge in [-0.05, 0) is 23.4 Å². The fourth-order valence-electron chi connectivity index (χ4n) is 1.97. The molecule has 7 heteroatoms. The fraction of sp³-hybridized carbons (Fsp3) is 0.583. The Balaban J connectivity index is 1.84. The van der Waals surface area contributed by atoms with Crippen LogP contribution in [0.4, 0.5) is 9.80 Å². The summed E-state index contributed by atoms with van der Waals surface area (Å²) in [6, 6.07) is 3.44. The van der Waals surface area contributed by atoms with Crippen LogP contribution >= 0.6 is 11.3 Å². The molecule has 0 bridgehead atoms. The lowest BCUT2D eigenvalue weighted by Crippen LogP contribution is -2.58. The van der Waals surface area contributed by atoms with Crippen LogP contribution < -0.4 is 5.32 Å². The van der Waals surface area contributed by atoms with Crippen LogP contribution in [0.1, 0.15) is 13.8 Å². The van der Waals surface area contributed by atoms with Crippen molar-refractivity contribution in [1.82, 2.24) is 4.90 Å². The van der Waals surface area contributed by atoms with Gasteiger partial charge in [0.1, 0.15) is 0 Å². The second-order valence-corrected chi connectivity index (χ2v) is 8.43. The molecule has 1 aliphatic rings. The Bertz CT molecular complexity index is 531. The summed E-state index contributed by atoms with van der Waals surface area (Å²) in [5.74, 6) is 0.317. The van der Waals surface area contributed by atoms with Crippen LogP contribution in [0.2, 0.25) is 0 Å². The second kappa shape index (κ2) is 5.50. The number of amides is 2. The van der Waals surface area contributed by atoms with Gasteiger partial charge in [-0.15, -0.1) is 11.3 Å². The molecule has 0 atom stereocenters. The number of carbonyl (C=O) groups excluding carboxylic acids is 1. The SMILES string of the molecule is CC(C)CS(=O)(=O)C1CN(C(=O)Nc2cccs2)C1. The maximum atomic E-state index is 12.0. The first-order valence-corrected chi connectivity index (χ1v) is 8.79. The number of hydrogen-bond acceptors (Lipinski definition) is 4. The van der Waals surface area contributed by atoms with Crippen LogP contribution in [-0.4, -0.2) is 43.4 Å². The summed E-state index contributed by atoms with van der Waals surface area (Å²) < 4.78 is 23.9. The number of sulfone groups is 1. The quantitative estimate of drug-likeness (QED) is 0.925. The molecule has 19 heavy (non-hydrogen) atoms. The van der Waals surface area contributed by atoms with E-state index in [-0.39, 0.29) is 17.7 Å². The standard InChI is InChI=1S/C12H18N2O3S2/c1-9(2)8-19(16,17)10-6-14(7-10)12(15)13-11-4-3-5-18-11/h3-5,9-10H,6-8H2,1-2H3,(H,13,15). The van der Waals surface area contributed by atoms with E-state index in [2.05, 4.69) is 5.32 Å². The molecule has 0 spiro atoms. The van der Waals surface area contributed by atoms with Crippen molar-refractivity contribution in [3.05, 3.63) is 17.5 Å². The molecule has 1 aromatic heterocycles. The Labute approximate surface area is 117 Å². The van der Waals surface area contributed by atoms with Gasteiger partial charge in [0.15, 0.2) is 9.84 Å². The van der Waals surface area contributed by atoms with Gasteiger partial charge in [-0.2, -0.15) is 0 Å². The van der Waals surface area contributed by atoms with E-state index in [0.29, 0.717) is 13.1 Å². The molecule has 2 heterocycles. The second-order valence-electron chi connectivity index (χ2n) is 5.16. The lowest BCUT2D eigenvalue weighted by Gasteiger charge is -2.38. The third-order valence-electron chi connectivity index (χ3n) is 2.96. The lowest BCUT2D eigenvalue weighted by atomic mass is 10.2. The van der Waals surface area contributed by atoms with Gasteiger partial charge in [-0.3, -0.25) is 5.32 Å². The molecular formula is C12H18N2O3S2. The molecule has 2 amide bonds. The van der Waals surface area contributed by atoms with Crippen molar-refractivity contribution in [2.24, 2.45) is 5.92 Å². The number of likely N-dealkylation sites (tertiary alicyclic amines) is 1. The van der Waals surface area contributed by atoms with Crippen molar-refractivity contribution < 1.29 is 13.2 Å². The predicted octanol–water partition coefficient (Wildman–Crippen LogP) is 2.04. The lowest BCUT2D eigenvalue weighted by molar-refractivity contribution is 0.182. The molecule has 1 aromatic rings. The minimum absolute atomic E-state index is 0.124. The zero-order valence-electron chi connectivity index (χ0n) is 11.0. The van der Waals surface area contributed by atoms with E-state index in [9.17, 15) is 13.2 Å². The molecule has 1 aliphatic heterocycles. The third-order valence-corrected chi connectivity index (χ3v) is 6.19. The van der Waals surface area contributed by atoms with Crippen molar-refractivity contribution in [2.45, 2.75) is 19.1 Å². The first kappa shape index (κ1) is 14.3. The molecule has 106 valence electrons. The highest BCUT2D eigenvalue weighted by atomic mass is 32.2. The van der Waals surface area contributed by atoms with Crippen LogP contribution in [0.25, 0.3) is 0 Å². The van der Waals surface area contributed by atoms with Crippen molar-refractivity contribution in [2.75, 3.05) is 24.2 Å². The Morgan fingerprint density at radius 3 is 2.74 bits per heavy atom. The molecule has 0 radical (unpaired) electrons. The number of anilines is 1. The van der Waals surface area contributed by atoms with Crippen molar-refractivity contribution in [3.8, 4) is 0 Å². The van der Waals surface area contributed by atoms with Crippen LogP contribution in [0.15, 0.2) is 17.5 Å². The summed E-state index contributed by atoms with van der Waals surface area (Å²) in [6.45, 7) is 4.37. The van der Waals surface area contributed by atoms with Gasteiger partial charge < -0.3 is 4.90 Å². The smallest absolute Gasteiger partial charge is 0.322 e. The minimum Gasteiger partial charge on any atom is -0.322 e. The highest BCUT2D eigenvalue weighted by Crippen LogP contribution is 2.21. The van der Waals surface area contributed by atoms with Gasteiger partial charge in [0.25, 0.3) is 0 Å². The summed E-state index contributed by atoms with van der Waals surface area (Å²) in [5.41, 5.74) is 0. The van der Waals surface area contributed by atoms with E-state index in [1.165, 1.54) is 16.2 Å². The molecule has 2 rings (SSSR count). The first-order chi connectivity index (χ1) is 8.88. The summed E-state index contributed by atoms with van der Waals surface area (Å²) in [4.78, 5) is 13.3. The van der Waals surface area contributed by atoms with Gasteiger partial charge >= 0.3 is 6.03 Å². The largest absolute Gasteiger partial charge is 0.322 e. The molecule has 1 N–H and O–H groups in total. The molecule has 0 unspecified atom stereocenters. The van der Waals surface area contributed by atoms with Crippen LogP contribution in [0, 0.1) is 5.92 Å². The summed E-state index contributed by atoms with van der Waals surface area (Å²) in [5, 5.41) is 5.00.